The SMILES string of the molecule is N#Cc1cc(F)cc(Oc2ccc3c(c2)OCO3)c1. The Hall–Kier alpha value is -2.74. The third kappa shape index (κ3) is 2.29. The third-order valence-corrected chi connectivity index (χ3v) is 2.58. The summed E-state index contributed by atoms with van der Waals surface area (Å²) in [5.74, 6) is 1.45. The van der Waals surface area contributed by atoms with Gasteiger partial charge in [0.05, 0.1) is 11.6 Å². The Kier molecular flexibility index (Phi) is 2.69. The molecule has 0 N–H and O–H groups in total. The molecule has 0 amide bonds. The van der Waals surface area contributed by atoms with Gasteiger partial charge in [0.1, 0.15) is 17.3 Å². The van der Waals surface area contributed by atoms with Crippen molar-refractivity contribution in [1.29, 1.82) is 5.26 Å². The number of hydrogen-bond acceptors (Lipinski definition) is 4. The first-order chi connectivity index (χ1) is 9.24. The summed E-state index contributed by atoms with van der Waals surface area (Å²) in [6.07, 6.45) is 0. The highest BCUT2D eigenvalue weighted by Crippen LogP contribution is 2.36. The summed E-state index contributed by atoms with van der Waals surface area (Å²) in [5.41, 5.74) is 0.204. The van der Waals surface area contributed by atoms with Crippen LogP contribution >= 0.6 is 0 Å². The van der Waals surface area contributed by atoms with Gasteiger partial charge in [0, 0.05) is 12.1 Å². The van der Waals surface area contributed by atoms with Gasteiger partial charge in [0.2, 0.25) is 6.79 Å². The van der Waals surface area contributed by atoms with E-state index in [0.29, 0.717) is 17.2 Å². The van der Waals surface area contributed by atoms with E-state index < -0.39 is 5.82 Å². The number of benzene rings is 2. The maximum atomic E-state index is 13.3. The Labute approximate surface area is 108 Å². The molecule has 0 saturated heterocycles. The van der Waals surface area contributed by atoms with Crippen LogP contribution in [-0.2, 0) is 0 Å². The topological polar surface area (TPSA) is 51.5 Å². The predicted octanol–water partition coefficient (Wildman–Crippen LogP) is 3.22. The van der Waals surface area contributed by atoms with Crippen molar-refractivity contribution in [3.8, 4) is 29.1 Å². The number of fused-ring (bicyclic) bond motifs is 1. The van der Waals surface area contributed by atoms with Gasteiger partial charge in [0.15, 0.2) is 11.5 Å². The van der Waals surface area contributed by atoms with Crippen LogP contribution in [0.25, 0.3) is 0 Å². The van der Waals surface area contributed by atoms with Crippen LogP contribution in [0.3, 0.4) is 0 Å². The van der Waals surface area contributed by atoms with Crippen LogP contribution in [0.5, 0.6) is 23.0 Å². The first-order valence-corrected chi connectivity index (χ1v) is 5.53. The Morgan fingerprint density at radius 3 is 2.74 bits per heavy atom. The molecule has 0 atom stereocenters. The third-order valence-electron chi connectivity index (χ3n) is 2.58. The lowest BCUT2D eigenvalue weighted by molar-refractivity contribution is 0.174. The highest BCUT2D eigenvalue weighted by Gasteiger charge is 2.14. The molecule has 0 aromatic heterocycles. The minimum atomic E-state index is -0.519. The highest BCUT2D eigenvalue weighted by atomic mass is 19.1. The zero-order valence-corrected chi connectivity index (χ0v) is 9.72. The van der Waals surface area contributed by atoms with E-state index in [1.807, 2.05) is 6.07 Å². The smallest absolute Gasteiger partial charge is 0.231 e. The minimum absolute atomic E-state index is 0.178. The maximum absolute atomic E-state index is 13.3. The molecule has 0 radical (unpaired) electrons. The molecule has 1 heterocycles. The molecule has 5 heteroatoms. The van der Waals surface area contributed by atoms with Crippen molar-refractivity contribution in [2.75, 3.05) is 6.79 Å². The van der Waals surface area contributed by atoms with Crippen molar-refractivity contribution in [3.05, 3.63) is 47.8 Å². The molecule has 1 aliphatic heterocycles. The molecule has 0 unspecified atom stereocenters. The van der Waals surface area contributed by atoms with E-state index in [1.165, 1.54) is 12.1 Å². The second-order valence-electron chi connectivity index (χ2n) is 3.90. The second kappa shape index (κ2) is 4.50. The number of rotatable bonds is 2. The Morgan fingerprint density at radius 1 is 1.05 bits per heavy atom. The summed E-state index contributed by atoms with van der Waals surface area (Å²) in [4.78, 5) is 0. The Morgan fingerprint density at radius 2 is 1.89 bits per heavy atom. The van der Waals surface area contributed by atoms with Crippen LogP contribution in [0.15, 0.2) is 36.4 Å². The van der Waals surface area contributed by atoms with E-state index in [4.69, 9.17) is 19.5 Å². The number of halogens is 1. The second-order valence-corrected chi connectivity index (χ2v) is 3.90. The van der Waals surface area contributed by atoms with Gasteiger partial charge in [-0.15, -0.1) is 0 Å². The average molecular weight is 257 g/mol. The minimum Gasteiger partial charge on any atom is -0.457 e. The van der Waals surface area contributed by atoms with Crippen LogP contribution in [0.1, 0.15) is 5.56 Å². The molecule has 0 saturated carbocycles. The summed E-state index contributed by atoms with van der Waals surface area (Å²) >= 11 is 0. The molecule has 4 nitrogen and oxygen atoms in total. The van der Waals surface area contributed by atoms with E-state index in [9.17, 15) is 4.39 Å². The van der Waals surface area contributed by atoms with Crippen molar-refractivity contribution in [2.45, 2.75) is 0 Å². The van der Waals surface area contributed by atoms with E-state index in [-0.39, 0.29) is 18.1 Å². The molecule has 19 heavy (non-hydrogen) atoms. The molecular weight excluding hydrogens is 249 g/mol. The van der Waals surface area contributed by atoms with E-state index in [2.05, 4.69) is 0 Å². The first kappa shape index (κ1) is 11.4. The lowest BCUT2D eigenvalue weighted by Gasteiger charge is -2.07. The van der Waals surface area contributed by atoms with Gasteiger partial charge >= 0.3 is 0 Å². The van der Waals surface area contributed by atoms with Gasteiger partial charge in [0.25, 0.3) is 0 Å². The summed E-state index contributed by atoms with van der Waals surface area (Å²) in [5, 5.41) is 8.77. The fourth-order valence-corrected chi connectivity index (χ4v) is 1.76. The molecule has 3 rings (SSSR count). The molecule has 94 valence electrons. The highest BCUT2D eigenvalue weighted by molar-refractivity contribution is 5.48. The standard InChI is InChI=1S/C14H8FNO3/c15-10-3-9(7-16)4-12(5-10)19-11-1-2-13-14(6-11)18-8-17-13/h1-6H,8H2. The van der Waals surface area contributed by atoms with Crippen molar-refractivity contribution >= 4 is 0 Å². The monoisotopic (exact) mass is 257 g/mol. The summed E-state index contributed by atoms with van der Waals surface area (Å²) in [6.45, 7) is 0.178. The molecule has 2 aromatic carbocycles. The van der Waals surface area contributed by atoms with Crippen molar-refractivity contribution in [1.82, 2.24) is 0 Å². The number of hydrogen-bond donors (Lipinski definition) is 0. The van der Waals surface area contributed by atoms with Gasteiger partial charge in [-0.1, -0.05) is 0 Å². The van der Waals surface area contributed by atoms with Crippen LogP contribution in [0, 0.1) is 17.1 Å². The molecule has 2 aromatic rings. The molecule has 0 bridgehead atoms. The van der Waals surface area contributed by atoms with Gasteiger partial charge in [-0.3, -0.25) is 0 Å². The molecule has 0 spiro atoms. The van der Waals surface area contributed by atoms with Crippen LogP contribution < -0.4 is 14.2 Å². The lowest BCUT2D eigenvalue weighted by Crippen LogP contribution is -1.92. The van der Waals surface area contributed by atoms with E-state index >= 15 is 0 Å². The van der Waals surface area contributed by atoms with Crippen molar-refractivity contribution < 1.29 is 18.6 Å². The molecule has 0 aliphatic carbocycles. The molecule has 1 aliphatic rings. The zero-order valence-electron chi connectivity index (χ0n) is 9.72. The zero-order chi connectivity index (χ0) is 13.2. The van der Waals surface area contributed by atoms with E-state index in [1.54, 1.807) is 18.2 Å². The van der Waals surface area contributed by atoms with Gasteiger partial charge in [-0.05, 0) is 24.3 Å². The van der Waals surface area contributed by atoms with Gasteiger partial charge in [-0.25, -0.2) is 4.39 Å². The van der Waals surface area contributed by atoms with Gasteiger partial charge in [-0.2, -0.15) is 5.26 Å². The Balaban J connectivity index is 1.89. The predicted molar refractivity (Wildman–Crippen MR) is 63.8 cm³/mol. The number of nitrogens with zero attached hydrogens (tertiary/aromatic N) is 1. The fourth-order valence-electron chi connectivity index (χ4n) is 1.76. The van der Waals surface area contributed by atoms with Crippen LogP contribution in [0.4, 0.5) is 4.39 Å². The summed E-state index contributed by atoms with van der Waals surface area (Å²) in [6, 6.07) is 10.7. The van der Waals surface area contributed by atoms with E-state index in [0.717, 1.165) is 6.07 Å². The first-order valence-electron chi connectivity index (χ1n) is 5.53. The summed E-state index contributed by atoms with van der Waals surface area (Å²) in [7, 11) is 0. The average Bonchev–Trinajstić information content (AvgIpc) is 2.85. The normalized spacial score (nSPS) is 12.0. The number of nitriles is 1. The quantitative estimate of drug-likeness (QED) is 0.828. The number of ether oxygens (including phenoxy) is 3. The summed E-state index contributed by atoms with van der Waals surface area (Å²) < 4.78 is 29.2. The van der Waals surface area contributed by atoms with Crippen LogP contribution in [-0.4, -0.2) is 6.79 Å². The maximum Gasteiger partial charge on any atom is 0.231 e. The Bertz CT molecular complexity index is 679. The lowest BCUT2D eigenvalue weighted by atomic mass is 10.2. The largest absolute Gasteiger partial charge is 0.457 e. The molecule has 0 fully saturated rings. The van der Waals surface area contributed by atoms with Crippen LogP contribution in [0.2, 0.25) is 0 Å². The fraction of sp³-hybridized carbons (Fsp3) is 0.0714. The van der Waals surface area contributed by atoms with Crippen molar-refractivity contribution in [2.24, 2.45) is 0 Å². The molecular formula is C14H8FNO3. The van der Waals surface area contributed by atoms with Gasteiger partial charge < -0.3 is 14.2 Å². The van der Waals surface area contributed by atoms with Crippen molar-refractivity contribution in [3.63, 3.8) is 0 Å².